The number of rotatable bonds is 4. The van der Waals surface area contributed by atoms with Gasteiger partial charge in [0.05, 0.1) is 6.04 Å². The van der Waals surface area contributed by atoms with Crippen molar-refractivity contribution < 1.29 is 0 Å². The van der Waals surface area contributed by atoms with Gasteiger partial charge >= 0.3 is 0 Å². The van der Waals surface area contributed by atoms with E-state index in [0.29, 0.717) is 0 Å². The van der Waals surface area contributed by atoms with Crippen molar-refractivity contribution in [2.75, 3.05) is 0 Å². The van der Waals surface area contributed by atoms with E-state index in [4.69, 9.17) is 5.73 Å². The Hall–Kier alpha value is -1.26. The van der Waals surface area contributed by atoms with E-state index in [1.54, 1.807) is 0 Å². The Morgan fingerprint density at radius 1 is 1.19 bits per heavy atom. The first-order chi connectivity index (χ1) is 7.76. The van der Waals surface area contributed by atoms with Gasteiger partial charge in [-0.2, -0.15) is 0 Å². The first-order valence-electron chi connectivity index (χ1n) is 6.12. The van der Waals surface area contributed by atoms with Gasteiger partial charge in [-0.15, -0.1) is 0 Å². The molecule has 0 saturated heterocycles. The molecule has 0 aliphatic rings. The first-order valence-corrected chi connectivity index (χ1v) is 6.12. The van der Waals surface area contributed by atoms with Gasteiger partial charge < -0.3 is 5.73 Å². The summed E-state index contributed by atoms with van der Waals surface area (Å²) in [6, 6.07) is 8.49. The average molecular weight is 215 g/mol. The molecule has 0 aromatic heterocycles. The van der Waals surface area contributed by atoms with Crippen molar-refractivity contribution in [2.45, 2.75) is 45.6 Å². The SMILES string of the molecule is CCCCc1ccc(C#CC(N)CC)cc1. The number of hydrogen-bond donors (Lipinski definition) is 1. The van der Waals surface area contributed by atoms with Crippen LogP contribution in [-0.2, 0) is 6.42 Å². The second-order valence-electron chi connectivity index (χ2n) is 4.08. The summed E-state index contributed by atoms with van der Waals surface area (Å²) >= 11 is 0. The van der Waals surface area contributed by atoms with Crippen LogP contribution in [0, 0.1) is 11.8 Å². The van der Waals surface area contributed by atoms with Crippen molar-refractivity contribution in [3.8, 4) is 11.8 Å². The lowest BCUT2D eigenvalue weighted by Crippen LogP contribution is -2.15. The molecule has 1 aromatic carbocycles. The van der Waals surface area contributed by atoms with Crippen LogP contribution in [0.15, 0.2) is 24.3 Å². The van der Waals surface area contributed by atoms with Crippen molar-refractivity contribution >= 4 is 0 Å². The zero-order chi connectivity index (χ0) is 11.8. The molecule has 0 spiro atoms. The van der Waals surface area contributed by atoms with Gasteiger partial charge in [0.25, 0.3) is 0 Å². The normalized spacial score (nSPS) is 11.7. The van der Waals surface area contributed by atoms with Crippen molar-refractivity contribution in [3.05, 3.63) is 35.4 Å². The number of aryl methyl sites for hydroxylation is 1. The molecule has 0 aliphatic carbocycles. The summed E-state index contributed by atoms with van der Waals surface area (Å²) in [5, 5.41) is 0. The summed E-state index contributed by atoms with van der Waals surface area (Å²) in [7, 11) is 0. The van der Waals surface area contributed by atoms with E-state index in [1.807, 2.05) is 6.92 Å². The molecule has 1 atom stereocenters. The Morgan fingerprint density at radius 3 is 2.44 bits per heavy atom. The molecule has 1 heteroatoms. The zero-order valence-electron chi connectivity index (χ0n) is 10.3. The van der Waals surface area contributed by atoms with Crippen molar-refractivity contribution in [3.63, 3.8) is 0 Å². The molecular formula is C15H21N. The van der Waals surface area contributed by atoms with Gasteiger partial charge in [-0.1, -0.05) is 44.2 Å². The number of hydrogen-bond acceptors (Lipinski definition) is 1. The van der Waals surface area contributed by atoms with Gasteiger partial charge in [0.2, 0.25) is 0 Å². The van der Waals surface area contributed by atoms with Crippen molar-refractivity contribution in [2.24, 2.45) is 5.73 Å². The van der Waals surface area contributed by atoms with Gasteiger partial charge in [0, 0.05) is 5.56 Å². The van der Waals surface area contributed by atoms with Crippen LogP contribution in [0.4, 0.5) is 0 Å². The summed E-state index contributed by atoms with van der Waals surface area (Å²) in [6.45, 7) is 4.26. The van der Waals surface area contributed by atoms with Crippen LogP contribution in [0.25, 0.3) is 0 Å². The molecule has 0 aliphatic heterocycles. The van der Waals surface area contributed by atoms with Crippen LogP contribution < -0.4 is 5.73 Å². The minimum Gasteiger partial charge on any atom is -0.318 e. The standard InChI is InChI=1S/C15H21N/c1-3-5-6-13-7-9-14(10-8-13)11-12-15(16)4-2/h7-10,15H,3-6,16H2,1-2H3. The summed E-state index contributed by atoms with van der Waals surface area (Å²) in [4.78, 5) is 0. The Morgan fingerprint density at radius 2 is 1.88 bits per heavy atom. The lowest BCUT2D eigenvalue weighted by molar-refractivity contribution is 0.795. The molecular weight excluding hydrogens is 194 g/mol. The predicted molar refractivity (Wildman–Crippen MR) is 70.2 cm³/mol. The summed E-state index contributed by atoms with van der Waals surface area (Å²) < 4.78 is 0. The van der Waals surface area contributed by atoms with Gasteiger partial charge in [0.15, 0.2) is 0 Å². The fourth-order valence-electron chi connectivity index (χ4n) is 1.41. The second kappa shape index (κ2) is 7.09. The molecule has 0 radical (unpaired) electrons. The maximum absolute atomic E-state index is 5.74. The van der Waals surface area contributed by atoms with Gasteiger partial charge in [0.1, 0.15) is 0 Å². The third kappa shape index (κ3) is 4.51. The molecule has 2 N–H and O–H groups in total. The van der Waals surface area contributed by atoms with Gasteiger partial charge in [-0.05, 0) is 37.0 Å². The Bertz CT molecular complexity index is 353. The maximum Gasteiger partial charge on any atom is 0.0665 e. The highest BCUT2D eigenvalue weighted by Gasteiger charge is 1.93. The topological polar surface area (TPSA) is 26.0 Å². The molecule has 0 heterocycles. The molecule has 0 fully saturated rings. The fourth-order valence-corrected chi connectivity index (χ4v) is 1.41. The predicted octanol–water partition coefficient (Wildman–Crippen LogP) is 3.12. The highest BCUT2D eigenvalue weighted by atomic mass is 14.6. The number of unbranched alkanes of at least 4 members (excludes halogenated alkanes) is 1. The first kappa shape index (κ1) is 12.8. The quantitative estimate of drug-likeness (QED) is 0.767. The molecule has 16 heavy (non-hydrogen) atoms. The summed E-state index contributed by atoms with van der Waals surface area (Å²) in [5.74, 6) is 6.14. The average Bonchev–Trinajstić information content (AvgIpc) is 2.34. The minimum absolute atomic E-state index is 0.000215. The highest BCUT2D eigenvalue weighted by molar-refractivity contribution is 5.37. The van der Waals surface area contributed by atoms with Crippen LogP contribution in [-0.4, -0.2) is 6.04 Å². The molecule has 1 unspecified atom stereocenters. The van der Waals surface area contributed by atoms with Crippen LogP contribution in [0.1, 0.15) is 44.2 Å². The molecule has 1 rings (SSSR count). The Labute approximate surface area is 99.1 Å². The molecule has 0 amide bonds. The van der Waals surface area contributed by atoms with E-state index in [2.05, 4.69) is 43.0 Å². The Kier molecular flexibility index (Phi) is 5.67. The largest absolute Gasteiger partial charge is 0.318 e. The van der Waals surface area contributed by atoms with Crippen LogP contribution >= 0.6 is 0 Å². The van der Waals surface area contributed by atoms with Crippen LogP contribution in [0.2, 0.25) is 0 Å². The second-order valence-corrected chi connectivity index (χ2v) is 4.08. The fraction of sp³-hybridized carbons (Fsp3) is 0.467. The highest BCUT2D eigenvalue weighted by Crippen LogP contribution is 2.07. The van der Waals surface area contributed by atoms with Crippen LogP contribution in [0.5, 0.6) is 0 Å². The summed E-state index contributed by atoms with van der Waals surface area (Å²) in [5.41, 5.74) is 8.20. The third-order valence-electron chi connectivity index (χ3n) is 2.61. The third-order valence-corrected chi connectivity index (χ3v) is 2.61. The minimum atomic E-state index is -0.000215. The smallest absolute Gasteiger partial charge is 0.0665 e. The van der Waals surface area contributed by atoms with Crippen LogP contribution in [0.3, 0.4) is 0 Å². The molecule has 1 aromatic rings. The van der Waals surface area contributed by atoms with E-state index in [1.165, 1.54) is 24.8 Å². The number of benzene rings is 1. The lowest BCUT2D eigenvalue weighted by Gasteiger charge is -2.00. The van der Waals surface area contributed by atoms with Gasteiger partial charge in [-0.3, -0.25) is 0 Å². The van der Waals surface area contributed by atoms with E-state index < -0.39 is 0 Å². The molecule has 86 valence electrons. The zero-order valence-corrected chi connectivity index (χ0v) is 10.3. The van der Waals surface area contributed by atoms with E-state index in [-0.39, 0.29) is 6.04 Å². The number of nitrogens with two attached hydrogens (primary N) is 1. The van der Waals surface area contributed by atoms with E-state index in [9.17, 15) is 0 Å². The van der Waals surface area contributed by atoms with Crippen molar-refractivity contribution in [1.29, 1.82) is 0 Å². The summed E-state index contributed by atoms with van der Waals surface area (Å²) in [6.07, 6.45) is 4.57. The lowest BCUT2D eigenvalue weighted by atomic mass is 10.1. The van der Waals surface area contributed by atoms with E-state index >= 15 is 0 Å². The van der Waals surface area contributed by atoms with Crippen molar-refractivity contribution in [1.82, 2.24) is 0 Å². The van der Waals surface area contributed by atoms with E-state index in [0.717, 1.165) is 12.0 Å². The molecule has 1 nitrogen and oxygen atoms in total. The van der Waals surface area contributed by atoms with Gasteiger partial charge in [-0.25, -0.2) is 0 Å². The molecule has 0 saturated carbocycles. The molecule has 0 bridgehead atoms. The maximum atomic E-state index is 5.74. The monoisotopic (exact) mass is 215 g/mol. The Balaban J connectivity index is 2.59.